The van der Waals surface area contributed by atoms with E-state index in [9.17, 15) is 5.11 Å². The molecule has 0 aliphatic heterocycles. The molecule has 144 valence electrons. The summed E-state index contributed by atoms with van der Waals surface area (Å²) in [6.07, 6.45) is 1.25. The normalized spacial score (nSPS) is 13.1. The first kappa shape index (κ1) is 19.8. The van der Waals surface area contributed by atoms with Gasteiger partial charge in [0.1, 0.15) is 6.10 Å². The molecule has 3 rings (SSSR count). The number of thiazole rings is 1. The molecule has 0 fully saturated rings. The van der Waals surface area contributed by atoms with Crippen LogP contribution in [0.5, 0.6) is 0 Å². The number of rotatable bonds is 8. The Morgan fingerprint density at radius 2 is 2.11 bits per heavy atom. The van der Waals surface area contributed by atoms with Crippen LogP contribution in [0.2, 0.25) is 0 Å². The van der Waals surface area contributed by atoms with E-state index in [0.717, 1.165) is 42.5 Å². The largest absolute Gasteiger partial charge is 0.386 e. The Balaban J connectivity index is 1.55. The molecule has 27 heavy (non-hydrogen) atoms. The average Bonchev–Trinajstić information content (AvgIpc) is 3.32. The van der Waals surface area contributed by atoms with Crippen LogP contribution in [0.15, 0.2) is 40.7 Å². The highest BCUT2D eigenvalue weighted by Crippen LogP contribution is 2.29. The Bertz CT molecular complexity index is 854. The molecule has 0 bridgehead atoms. The van der Waals surface area contributed by atoms with E-state index in [1.165, 1.54) is 15.1 Å². The summed E-state index contributed by atoms with van der Waals surface area (Å²) in [6.45, 7) is 6.03. The van der Waals surface area contributed by atoms with Crippen molar-refractivity contribution in [1.82, 2.24) is 15.6 Å². The van der Waals surface area contributed by atoms with Gasteiger partial charge in [-0.25, -0.2) is 4.98 Å². The second-order valence-electron chi connectivity index (χ2n) is 6.18. The van der Waals surface area contributed by atoms with Crippen LogP contribution in [0.3, 0.4) is 0 Å². The zero-order chi connectivity index (χ0) is 19.1. The fourth-order valence-corrected chi connectivity index (χ4v) is 4.53. The first-order valence-electron chi connectivity index (χ1n) is 9.31. The van der Waals surface area contributed by atoms with E-state index in [0.29, 0.717) is 6.54 Å². The van der Waals surface area contributed by atoms with Crippen molar-refractivity contribution in [2.75, 3.05) is 19.6 Å². The van der Waals surface area contributed by atoms with Gasteiger partial charge in [0.2, 0.25) is 0 Å². The fourth-order valence-electron chi connectivity index (χ4n) is 2.71. The third-order valence-corrected chi connectivity index (χ3v) is 6.37. The van der Waals surface area contributed by atoms with E-state index in [4.69, 9.17) is 0 Å². The lowest BCUT2D eigenvalue weighted by molar-refractivity contribution is 0.191. The Hall–Kier alpha value is -1.96. The number of hydrogen-bond donors (Lipinski definition) is 3. The standard InChI is InChI=1S/C20H26N4OS2/c1-3-19-24-15(13-26-19)9-10-22-20(21-4-2)23-12-16(25)18-11-14-7-5-6-8-17(14)27-18/h5-8,11,13,16,25H,3-4,9-10,12H2,1-2H3,(H2,21,22,23). The minimum atomic E-state index is -0.594. The number of aromatic nitrogens is 1. The van der Waals surface area contributed by atoms with Gasteiger partial charge in [0.15, 0.2) is 5.96 Å². The van der Waals surface area contributed by atoms with Crippen molar-refractivity contribution >= 4 is 38.7 Å². The van der Waals surface area contributed by atoms with Gasteiger partial charge in [-0.05, 0) is 30.9 Å². The smallest absolute Gasteiger partial charge is 0.191 e. The fraction of sp³-hybridized carbons (Fsp3) is 0.400. The molecular weight excluding hydrogens is 376 g/mol. The molecule has 0 amide bonds. The summed E-state index contributed by atoms with van der Waals surface area (Å²) in [5.74, 6) is 0.726. The van der Waals surface area contributed by atoms with Gasteiger partial charge < -0.3 is 15.7 Å². The van der Waals surface area contributed by atoms with Crippen molar-refractivity contribution in [3.8, 4) is 0 Å². The molecule has 3 aromatic rings. The Labute approximate surface area is 168 Å². The van der Waals surface area contributed by atoms with Crippen LogP contribution in [0.4, 0.5) is 0 Å². The predicted octanol–water partition coefficient (Wildman–Crippen LogP) is 3.75. The van der Waals surface area contributed by atoms with Crippen LogP contribution in [0.1, 0.15) is 35.5 Å². The van der Waals surface area contributed by atoms with Crippen molar-refractivity contribution in [2.45, 2.75) is 32.8 Å². The predicted molar refractivity (Wildman–Crippen MR) is 116 cm³/mol. The number of nitrogens with one attached hydrogen (secondary N) is 2. The van der Waals surface area contributed by atoms with E-state index >= 15 is 0 Å². The van der Waals surface area contributed by atoms with Crippen molar-refractivity contribution in [2.24, 2.45) is 4.99 Å². The number of guanidine groups is 1. The van der Waals surface area contributed by atoms with Gasteiger partial charge in [0, 0.05) is 34.5 Å². The molecule has 2 aromatic heterocycles. The van der Waals surface area contributed by atoms with Gasteiger partial charge in [-0.2, -0.15) is 0 Å². The molecule has 0 saturated heterocycles. The summed E-state index contributed by atoms with van der Waals surface area (Å²) in [4.78, 5) is 10.1. The number of aliphatic hydroxyl groups is 1. The Kier molecular flexibility index (Phi) is 7.20. The molecule has 0 radical (unpaired) electrons. The van der Waals surface area contributed by atoms with Crippen LogP contribution >= 0.6 is 22.7 Å². The van der Waals surface area contributed by atoms with Crippen LogP contribution in [-0.4, -0.2) is 35.7 Å². The summed E-state index contributed by atoms with van der Waals surface area (Å²) >= 11 is 3.34. The third kappa shape index (κ3) is 5.51. The molecule has 1 aromatic carbocycles. The SMILES string of the molecule is CCNC(=NCC(O)c1cc2ccccc2s1)NCCc1csc(CC)n1. The molecule has 3 N–H and O–H groups in total. The van der Waals surface area contributed by atoms with Gasteiger partial charge in [-0.1, -0.05) is 25.1 Å². The lowest BCUT2D eigenvalue weighted by Crippen LogP contribution is -2.38. The van der Waals surface area contributed by atoms with E-state index in [2.05, 4.69) is 45.0 Å². The van der Waals surface area contributed by atoms with Crippen LogP contribution in [0.25, 0.3) is 10.1 Å². The molecule has 0 saturated carbocycles. The molecule has 0 aliphatic rings. The van der Waals surface area contributed by atoms with E-state index in [1.54, 1.807) is 22.7 Å². The number of nitrogens with zero attached hydrogens (tertiary/aromatic N) is 2. The first-order chi connectivity index (χ1) is 13.2. The molecule has 5 nitrogen and oxygen atoms in total. The summed E-state index contributed by atoms with van der Waals surface area (Å²) in [5, 5.41) is 21.5. The average molecular weight is 403 g/mol. The number of aliphatic imine (C=N–C) groups is 1. The van der Waals surface area contributed by atoms with Gasteiger partial charge >= 0.3 is 0 Å². The van der Waals surface area contributed by atoms with Crippen molar-refractivity contribution < 1.29 is 5.11 Å². The van der Waals surface area contributed by atoms with E-state index < -0.39 is 6.10 Å². The quantitative estimate of drug-likeness (QED) is 0.396. The van der Waals surface area contributed by atoms with Crippen molar-refractivity contribution in [1.29, 1.82) is 0 Å². The molecular formula is C20H26N4OS2. The van der Waals surface area contributed by atoms with Gasteiger partial charge in [0.25, 0.3) is 0 Å². The molecule has 1 atom stereocenters. The summed E-state index contributed by atoms with van der Waals surface area (Å²) in [6, 6.07) is 10.2. The number of aryl methyl sites for hydroxylation is 1. The summed E-state index contributed by atoms with van der Waals surface area (Å²) in [7, 11) is 0. The maximum Gasteiger partial charge on any atom is 0.191 e. The Morgan fingerprint density at radius 3 is 2.85 bits per heavy atom. The molecule has 0 spiro atoms. The maximum absolute atomic E-state index is 10.5. The van der Waals surface area contributed by atoms with Crippen LogP contribution < -0.4 is 10.6 Å². The summed E-state index contributed by atoms with van der Waals surface area (Å²) in [5.41, 5.74) is 1.12. The van der Waals surface area contributed by atoms with Gasteiger partial charge in [-0.15, -0.1) is 22.7 Å². The highest BCUT2D eigenvalue weighted by Gasteiger charge is 2.11. The zero-order valence-electron chi connectivity index (χ0n) is 15.7. The third-order valence-electron chi connectivity index (χ3n) is 4.11. The Morgan fingerprint density at radius 1 is 1.26 bits per heavy atom. The summed E-state index contributed by atoms with van der Waals surface area (Å²) < 4.78 is 1.19. The molecule has 2 heterocycles. The zero-order valence-corrected chi connectivity index (χ0v) is 17.4. The van der Waals surface area contributed by atoms with Crippen LogP contribution in [-0.2, 0) is 12.8 Å². The number of fused-ring (bicyclic) bond motifs is 1. The molecule has 7 heteroatoms. The second-order valence-corrected chi connectivity index (χ2v) is 8.24. The highest BCUT2D eigenvalue weighted by atomic mass is 32.1. The lowest BCUT2D eigenvalue weighted by atomic mass is 10.2. The number of aliphatic hydroxyl groups excluding tert-OH is 1. The van der Waals surface area contributed by atoms with Crippen molar-refractivity contribution in [3.05, 3.63) is 51.3 Å². The first-order valence-corrected chi connectivity index (χ1v) is 11.0. The lowest BCUT2D eigenvalue weighted by Gasteiger charge is -2.12. The minimum absolute atomic E-state index is 0.332. The monoisotopic (exact) mass is 402 g/mol. The highest BCUT2D eigenvalue weighted by molar-refractivity contribution is 7.19. The number of hydrogen-bond acceptors (Lipinski definition) is 5. The second kappa shape index (κ2) is 9.82. The molecule has 0 aliphatic carbocycles. The van der Waals surface area contributed by atoms with Crippen molar-refractivity contribution in [3.63, 3.8) is 0 Å². The molecule has 1 unspecified atom stereocenters. The van der Waals surface area contributed by atoms with E-state index in [1.807, 2.05) is 25.1 Å². The van der Waals surface area contributed by atoms with E-state index in [-0.39, 0.29) is 0 Å². The minimum Gasteiger partial charge on any atom is -0.386 e. The maximum atomic E-state index is 10.5. The van der Waals surface area contributed by atoms with Gasteiger partial charge in [-0.3, -0.25) is 4.99 Å². The van der Waals surface area contributed by atoms with Gasteiger partial charge in [0.05, 0.1) is 17.2 Å². The van der Waals surface area contributed by atoms with Crippen LogP contribution in [0, 0.1) is 0 Å². The topological polar surface area (TPSA) is 69.5 Å². The number of thiophene rings is 1. The number of benzene rings is 1.